The van der Waals surface area contributed by atoms with Crippen LogP contribution < -0.4 is 10.9 Å². The summed E-state index contributed by atoms with van der Waals surface area (Å²) in [6.07, 6.45) is 3.59. The van der Waals surface area contributed by atoms with Crippen LogP contribution in [0, 0.1) is 5.82 Å². The predicted octanol–water partition coefficient (Wildman–Crippen LogP) is 3.36. The minimum absolute atomic E-state index is 0. The van der Waals surface area contributed by atoms with E-state index in [0.717, 1.165) is 22.8 Å². The lowest BCUT2D eigenvalue weighted by atomic mass is 10.1. The van der Waals surface area contributed by atoms with E-state index < -0.39 is 0 Å². The van der Waals surface area contributed by atoms with E-state index >= 15 is 0 Å². The van der Waals surface area contributed by atoms with Crippen LogP contribution in [0.25, 0.3) is 0 Å². The van der Waals surface area contributed by atoms with Gasteiger partial charge in [-0.15, -0.1) is 24.8 Å². The van der Waals surface area contributed by atoms with Gasteiger partial charge in [0.1, 0.15) is 12.2 Å². The highest BCUT2D eigenvalue weighted by atomic mass is 35.5. The van der Waals surface area contributed by atoms with Gasteiger partial charge in [0, 0.05) is 41.9 Å². The Balaban J connectivity index is 0.00000196. The zero-order valence-electron chi connectivity index (χ0n) is 15.2. The molecule has 1 aromatic heterocycles. The standard InChI is InChI=1S/C18H20FN5OS.2ClH/c1-12-16(23-11-22-12)10-26-7-6-20-18-21-9-14(17(25)24-18)8-13-2-4-15(19)5-3-13;;/h2-5,9,11,16H,6-8,10H2,1H3,(H2,20,21,24,25);2*1H. The van der Waals surface area contributed by atoms with Crippen LogP contribution in [0.15, 0.2) is 45.2 Å². The lowest BCUT2D eigenvalue weighted by molar-refractivity contribution is 0.627. The molecule has 2 N–H and O–H groups in total. The molecule has 1 aliphatic rings. The molecule has 10 heteroatoms. The summed E-state index contributed by atoms with van der Waals surface area (Å²) in [6.45, 7) is 2.68. The van der Waals surface area contributed by atoms with Gasteiger partial charge < -0.3 is 5.32 Å². The van der Waals surface area contributed by atoms with Gasteiger partial charge in [0.25, 0.3) is 5.56 Å². The molecular formula is C18H22Cl2FN5OS. The smallest absolute Gasteiger partial charge is 0.255 e. The Labute approximate surface area is 179 Å². The van der Waals surface area contributed by atoms with Crippen molar-refractivity contribution in [2.75, 3.05) is 23.4 Å². The number of aromatic amines is 1. The van der Waals surface area contributed by atoms with Gasteiger partial charge in [-0.05, 0) is 24.6 Å². The number of rotatable bonds is 8. The molecule has 0 amide bonds. The van der Waals surface area contributed by atoms with Crippen molar-refractivity contribution in [1.82, 2.24) is 9.97 Å². The van der Waals surface area contributed by atoms with Gasteiger partial charge in [-0.25, -0.2) is 14.4 Å². The summed E-state index contributed by atoms with van der Waals surface area (Å²) in [4.78, 5) is 27.6. The number of thioether (sulfide) groups is 1. The maximum atomic E-state index is 12.9. The molecule has 1 atom stereocenters. The number of benzene rings is 1. The molecule has 3 rings (SSSR count). The molecule has 1 aliphatic heterocycles. The van der Waals surface area contributed by atoms with E-state index in [9.17, 15) is 9.18 Å². The van der Waals surface area contributed by atoms with Gasteiger partial charge >= 0.3 is 0 Å². The molecule has 1 unspecified atom stereocenters. The molecule has 0 fully saturated rings. The number of nitrogens with zero attached hydrogens (tertiary/aromatic N) is 3. The highest BCUT2D eigenvalue weighted by Crippen LogP contribution is 2.11. The van der Waals surface area contributed by atoms with Gasteiger partial charge in [-0.1, -0.05) is 12.1 Å². The first kappa shape index (κ1) is 24.1. The van der Waals surface area contributed by atoms with E-state index in [-0.39, 0.29) is 42.2 Å². The van der Waals surface area contributed by atoms with E-state index in [2.05, 4.69) is 25.3 Å². The van der Waals surface area contributed by atoms with Crippen molar-refractivity contribution < 1.29 is 4.39 Å². The first-order valence-electron chi connectivity index (χ1n) is 8.32. The maximum absolute atomic E-state index is 12.9. The predicted molar refractivity (Wildman–Crippen MR) is 120 cm³/mol. The first-order valence-corrected chi connectivity index (χ1v) is 9.47. The second-order valence-electron chi connectivity index (χ2n) is 5.94. The third kappa shape index (κ3) is 6.92. The normalized spacial score (nSPS) is 14.8. The second kappa shape index (κ2) is 11.8. The number of anilines is 1. The van der Waals surface area contributed by atoms with Crippen molar-refractivity contribution in [3.8, 4) is 0 Å². The molecule has 1 aromatic carbocycles. The van der Waals surface area contributed by atoms with Gasteiger partial charge in [-0.2, -0.15) is 11.8 Å². The molecule has 152 valence electrons. The highest BCUT2D eigenvalue weighted by Gasteiger charge is 2.13. The second-order valence-corrected chi connectivity index (χ2v) is 7.09. The number of H-pyrrole nitrogens is 1. The van der Waals surface area contributed by atoms with Gasteiger partial charge in [0.05, 0.1) is 6.04 Å². The number of aromatic nitrogens is 2. The van der Waals surface area contributed by atoms with Gasteiger partial charge in [0.2, 0.25) is 5.95 Å². The average molecular weight is 446 g/mol. The Morgan fingerprint density at radius 3 is 2.64 bits per heavy atom. The van der Waals surface area contributed by atoms with Crippen molar-refractivity contribution in [3.05, 3.63) is 57.8 Å². The van der Waals surface area contributed by atoms with E-state index in [1.807, 2.05) is 6.92 Å². The Morgan fingerprint density at radius 2 is 2.00 bits per heavy atom. The molecule has 2 heterocycles. The minimum atomic E-state index is -0.291. The molecule has 0 aliphatic carbocycles. The highest BCUT2D eigenvalue weighted by molar-refractivity contribution is 7.99. The van der Waals surface area contributed by atoms with E-state index in [1.165, 1.54) is 12.1 Å². The van der Waals surface area contributed by atoms with Crippen LogP contribution in [-0.4, -0.2) is 46.1 Å². The van der Waals surface area contributed by atoms with Crippen molar-refractivity contribution in [2.45, 2.75) is 19.4 Å². The third-order valence-electron chi connectivity index (χ3n) is 3.99. The fourth-order valence-corrected chi connectivity index (χ4v) is 3.42. The van der Waals surface area contributed by atoms with Crippen LogP contribution in [0.3, 0.4) is 0 Å². The summed E-state index contributed by atoms with van der Waals surface area (Å²) in [5.74, 6) is 1.93. The average Bonchev–Trinajstić information content (AvgIpc) is 3.04. The van der Waals surface area contributed by atoms with Crippen molar-refractivity contribution in [2.24, 2.45) is 9.98 Å². The van der Waals surface area contributed by atoms with E-state index in [4.69, 9.17) is 0 Å². The maximum Gasteiger partial charge on any atom is 0.255 e. The molecule has 28 heavy (non-hydrogen) atoms. The SMILES string of the molecule is CC1=NC=NC1CSCCNc1ncc(Cc2ccc(F)cc2)c(=O)[nH]1.Cl.Cl. The monoisotopic (exact) mass is 445 g/mol. The van der Waals surface area contributed by atoms with E-state index in [0.29, 0.717) is 24.5 Å². The quantitative estimate of drug-likeness (QED) is 0.610. The summed E-state index contributed by atoms with van der Waals surface area (Å²) in [7, 11) is 0. The molecule has 0 saturated carbocycles. The fourth-order valence-electron chi connectivity index (χ4n) is 2.46. The van der Waals surface area contributed by atoms with Crippen molar-refractivity contribution in [3.63, 3.8) is 0 Å². The van der Waals surface area contributed by atoms with Crippen LogP contribution in [0.5, 0.6) is 0 Å². The molecule has 0 bridgehead atoms. The van der Waals surface area contributed by atoms with Crippen LogP contribution in [0.1, 0.15) is 18.1 Å². The van der Waals surface area contributed by atoms with Crippen LogP contribution in [0.2, 0.25) is 0 Å². The largest absolute Gasteiger partial charge is 0.355 e. The summed E-state index contributed by atoms with van der Waals surface area (Å²) in [5.41, 5.74) is 2.27. The first-order chi connectivity index (χ1) is 12.6. The van der Waals surface area contributed by atoms with Crippen LogP contribution in [-0.2, 0) is 6.42 Å². The molecule has 0 saturated heterocycles. The topological polar surface area (TPSA) is 82.5 Å². The fraction of sp³-hybridized carbons (Fsp3) is 0.333. The lowest BCUT2D eigenvalue weighted by Crippen LogP contribution is -2.19. The number of hydrogen-bond acceptors (Lipinski definition) is 6. The molecule has 0 spiro atoms. The van der Waals surface area contributed by atoms with Crippen molar-refractivity contribution >= 4 is 54.6 Å². The Bertz CT molecular complexity index is 873. The third-order valence-corrected chi connectivity index (χ3v) is 5.03. The van der Waals surface area contributed by atoms with Crippen LogP contribution >= 0.6 is 36.6 Å². The van der Waals surface area contributed by atoms with Gasteiger partial charge in [-0.3, -0.25) is 14.8 Å². The Hall–Kier alpha value is -1.90. The molecule has 2 aromatic rings. The molecule has 6 nitrogen and oxygen atoms in total. The Kier molecular flexibility index (Phi) is 10.2. The number of aliphatic imine (C=N–C) groups is 2. The number of nitrogens with one attached hydrogen (secondary N) is 2. The minimum Gasteiger partial charge on any atom is -0.355 e. The number of halogens is 3. The lowest BCUT2D eigenvalue weighted by Gasteiger charge is -2.09. The molecular weight excluding hydrogens is 424 g/mol. The summed E-state index contributed by atoms with van der Waals surface area (Å²) in [6, 6.07) is 6.28. The van der Waals surface area contributed by atoms with Crippen LogP contribution in [0.4, 0.5) is 10.3 Å². The van der Waals surface area contributed by atoms with Crippen molar-refractivity contribution in [1.29, 1.82) is 0 Å². The summed E-state index contributed by atoms with van der Waals surface area (Å²) >= 11 is 1.78. The summed E-state index contributed by atoms with van der Waals surface area (Å²) in [5, 5.41) is 3.11. The zero-order valence-corrected chi connectivity index (χ0v) is 17.7. The molecule has 0 radical (unpaired) electrons. The van der Waals surface area contributed by atoms with Gasteiger partial charge in [0.15, 0.2) is 0 Å². The summed E-state index contributed by atoms with van der Waals surface area (Å²) < 4.78 is 12.9. The number of hydrogen-bond donors (Lipinski definition) is 2. The zero-order chi connectivity index (χ0) is 18.4. The van der Waals surface area contributed by atoms with E-state index in [1.54, 1.807) is 36.4 Å². The Morgan fingerprint density at radius 1 is 1.25 bits per heavy atom.